The number of nitrogens with zero attached hydrogens (tertiary/aromatic N) is 1. The zero-order chi connectivity index (χ0) is 17.4. The maximum atomic E-state index is 12.2. The minimum absolute atomic E-state index is 0.0376. The fourth-order valence-corrected chi connectivity index (χ4v) is 3.28. The van der Waals surface area contributed by atoms with Crippen LogP contribution in [0, 0.1) is 20.8 Å². The van der Waals surface area contributed by atoms with E-state index in [0.29, 0.717) is 32.7 Å². The van der Waals surface area contributed by atoms with E-state index < -0.39 is 11.6 Å². The minimum Gasteiger partial charge on any atom is -0.508 e. The van der Waals surface area contributed by atoms with E-state index in [1.165, 1.54) is 23.5 Å². The molecule has 0 atom stereocenters. The predicted octanol–water partition coefficient (Wildman–Crippen LogP) is 3.24. The molecular formula is C17H15NO5S. The molecule has 1 aromatic carbocycles. The van der Waals surface area contributed by atoms with Gasteiger partial charge in [-0.05, 0) is 32.9 Å². The van der Waals surface area contributed by atoms with Gasteiger partial charge in [-0.3, -0.25) is 0 Å². The van der Waals surface area contributed by atoms with Crippen LogP contribution in [0.4, 0.5) is 0 Å². The molecule has 0 spiro atoms. The Balaban J connectivity index is 1.93. The monoisotopic (exact) mass is 345 g/mol. The van der Waals surface area contributed by atoms with Crippen molar-refractivity contribution in [2.75, 3.05) is 0 Å². The van der Waals surface area contributed by atoms with E-state index in [9.17, 15) is 14.7 Å². The number of benzene rings is 1. The second kappa shape index (κ2) is 6.09. The second-order valence-corrected chi connectivity index (χ2v) is 6.60. The molecule has 0 radical (unpaired) electrons. The molecule has 7 heteroatoms. The summed E-state index contributed by atoms with van der Waals surface area (Å²) in [5.41, 5.74) is 1.34. The molecule has 0 aliphatic rings. The number of phenols is 1. The lowest BCUT2D eigenvalue weighted by molar-refractivity contribution is 0.0478. The number of fused-ring (bicyclic) bond motifs is 1. The zero-order valence-corrected chi connectivity index (χ0v) is 14.2. The van der Waals surface area contributed by atoms with Crippen LogP contribution in [0.2, 0.25) is 0 Å². The number of aromatic hydroxyl groups is 1. The van der Waals surface area contributed by atoms with Crippen molar-refractivity contribution in [1.82, 2.24) is 4.98 Å². The molecule has 24 heavy (non-hydrogen) atoms. The quantitative estimate of drug-likeness (QED) is 0.579. The van der Waals surface area contributed by atoms with Crippen LogP contribution in [-0.2, 0) is 11.3 Å². The first-order valence-corrected chi connectivity index (χ1v) is 8.05. The van der Waals surface area contributed by atoms with Gasteiger partial charge in [-0.1, -0.05) is 0 Å². The Morgan fingerprint density at radius 2 is 2.08 bits per heavy atom. The van der Waals surface area contributed by atoms with E-state index in [0.717, 1.165) is 5.01 Å². The number of hydrogen-bond donors (Lipinski definition) is 1. The summed E-state index contributed by atoms with van der Waals surface area (Å²) >= 11 is 1.27. The summed E-state index contributed by atoms with van der Waals surface area (Å²) in [6.07, 6.45) is 0. The third-order valence-corrected chi connectivity index (χ3v) is 4.72. The van der Waals surface area contributed by atoms with E-state index in [-0.39, 0.29) is 12.4 Å². The molecule has 0 saturated carbocycles. The number of phenolic OH excluding ortho intramolecular Hbond substituents is 1. The fraction of sp³-hybridized carbons (Fsp3) is 0.235. The van der Waals surface area contributed by atoms with Crippen LogP contribution in [-0.4, -0.2) is 16.1 Å². The van der Waals surface area contributed by atoms with Crippen LogP contribution in [0.25, 0.3) is 11.0 Å². The Morgan fingerprint density at radius 1 is 1.33 bits per heavy atom. The standard InChI is InChI=1S/C17H15NO5S/c1-8-13(19)5-4-12-11(6-14(20)23-15(8)12)7-22-17(21)16-9(2)18-10(3)24-16/h4-6,19H,7H2,1-3H3. The van der Waals surface area contributed by atoms with Crippen LogP contribution >= 0.6 is 11.3 Å². The average molecular weight is 345 g/mol. The minimum atomic E-state index is -0.563. The van der Waals surface area contributed by atoms with Gasteiger partial charge in [-0.2, -0.15) is 0 Å². The highest BCUT2D eigenvalue weighted by Gasteiger charge is 2.17. The van der Waals surface area contributed by atoms with Crippen molar-refractivity contribution in [3.63, 3.8) is 0 Å². The maximum Gasteiger partial charge on any atom is 0.350 e. The SMILES string of the molecule is Cc1nc(C)c(C(=O)OCc2cc(=O)oc3c(C)c(O)ccc23)s1. The molecule has 1 N–H and O–H groups in total. The summed E-state index contributed by atoms with van der Waals surface area (Å²) in [5.74, 6) is -0.439. The molecule has 0 bridgehead atoms. The number of hydrogen-bond acceptors (Lipinski definition) is 7. The molecule has 0 aliphatic heterocycles. The lowest BCUT2D eigenvalue weighted by atomic mass is 10.1. The van der Waals surface area contributed by atoms with Crippen molar-refractivity contribution < 1.29 is 19.1 Å². The van der Waals surface area contributed by atoms with Gasteiger partial charge >= 0.3 is 11.6 Å². The van der Waals surface area contributed by atoms with E-state index in [1.807, 2.05) is 6.92 Å². The van der Waals surface area contributed by atoms with Gasteiger partial charge in [0.25, 0.3) is 0 Å². The van der Waals surface area contributed by atoms with Gasteiger partial charge < -0.3 is 14.3 Å². The number of rotatable bonds is 3. The Hall–Kier alpha value is -2.67. The van der Waals surface area contributed by atoms with Gasteiger partial charge in [0.15, 0.2) is 0 Å². The van der Waals surface area contributed by atoms with Crippen molar-refractivity contribution in [1.29, 1.82) is 0 Å². The highest BCUT2D eigenvalue weighted by molar-refractivity contribution is 7.13. The summed E-state index contributed by atoms with van der Waals surface area (Å²) < 4.78 is 10.5. The van der Waals surface area contributed by atoms with Crippen LogP contribution in [0.15, 0.2) is 27.4 Å². The third kappa shape index (κ3) is 2.90. The number of carbonyl (C=O) groups is 1. The van der Waals surface area contributed by atoms with Gasteiger partial charge in [0.05, 0.1) is 10.7 Å². The molecule has 124 valence electrons. The van der Waals surface area contributed by atoms with Crippen LogP contribution < -0.4 is 5.63 Å². The molecule has 0 fully saturated rings. The molecule has 3 aromatic rings. The Labute approximate surface area is 141 Å². The molecule has 6 nitrogen and oxygen atoms in total. The van der Waals surface area contributed by atoms with Crippen molar-refractivity contribution >= 4 is 28.3 Å². The summed E-state index contributed by atoms with van der Waals surface area (Å²) in [5, 5.41) is 11.2. The first kappa shape index (κ1) is 16.2. The van der Waals surface area contributed by atoms with Gasteiger partial charge in [0.1, 0.15) is 22.8 Å². The highest BCUT2D eigenvalue weighted by Crippen LogP contribution is 2.28. The van der Waals surface area contributed by atoms with Gasteiger partial charge in [-0.25, -0.2) is 14.6 Å². The van der Waals surface area contributed by atoms with Crippen molar-refractivity contribution in [2.45, 2.75) is 27.4 Å². The molecule has 0 unspecified atom stereocenters. The zero-order valence-electron chi connectivity index (χ0n) is 13.4. The number of carbonyl (C=O) groups excluding carboxylic acids is 1. The van der Waals surface area contributed by atoms with Crippen LogP contribution in [0.5, 0.6) is 5.75 Å². The molecule has 0 aliphatic carbocycles. The van der Waals surface area contributed by atoms with E-state index in [1.54, 1.807) is 19.9 Å². The summed E-state index contributed by atoms with van der Waals surface area (Å²) in [7, 11) is 0. The number of ether oxygens (including phenoxy) is 1. The summed E-state index contributed by atoms with van der Waals surface area (Å²) in [6, 6.07) is 4.43. The smallest absolute Gasteiger partial charge is 0.350 e. The van der Waals surface area contributed by atoms with Crippen molar-refractivity contribution in [3.05, 3.63) is 55.3 Å². The third-order valence-electron chi connectivity index (χ3n) is 3.67. The number of aryl methyl sites for hydroxylation is 3. The first-order chi connectivity index (χ1) is 11.4. The number of esters is 1. The number of thiazole rings is 1. The molecule has 2 heterocycles. The molecule has 3 rings (SSSR count). The van der Waals surface area contributed by atoms with Gasteiger partial charge in [0.2, 0.25) is 0 Å². The maximum absolute atomic E-state index is 12.2. The molecule has 0 amide bonds. The number of aromatic nitrogens is 1. The lowest BCUT2D eigenvalue weighted by Crippen LogP contribution is -2.08. The van der Waals surface area contributed by atoms with Gasteiger partial charge in [0, 0.05) is 22.6 Å². The van der Waals surface area contributed by atoms with Crippen LogP contribution in [0.1, 0.15) is 31.5 Å². The average Bonchev–Trinajstić information content (AvgIpc) is 2.87. The molecule has 0 saturated heterocycles. The largest absolute Gasteiger partial charge is 0.508 e. The topological polar surface area (TPSA) is 89.6 Å². The van der Waals surface area contributed by atoms with Gasteiger partial charge in [-0.15, -0.1) is 11.3 Å². The molecule has 2 aromatic heterocycles. The Kier molecular flexibility index (Phi) is 4.11. The summed E-state index contributed by atoms with van der Waals surface area (Å²) in [6.45, 7) is 5.15. The highest BCUT2D eigenvalue weighted by atomic mass is 32.1. The van der Waals surface area contributed by atoms with Crippen molar-refractivity contribution in [2.24, 2.45) is 0 Å². The lowest BCUT2D eigenvalue weighted by Gasteiger charge is -2.09. The molecular weight excluding hydrogens is 330 g/mol. The summed E-state index contributed by atoms with van der Waals surface area (Å²) in [4.78, 5) is 28.6. The Bertz CT molecular complexity index is 1000. The van der Waals surface area contributed by atoms with E-state index in [4.69, 9.17) is 9.15 Å². The second-order valence-electron chi connectivity index (χ2n) is 5.40. The Morgan fingerprint density at radius 3 is 2.75 bits per heavy atom. The first-order valence-electron chi connectivity index (χ1n) is 7.23. The van der Waals surface area contributed by atoms with Crippen LogP contribution in [0.3, 0.4) is 0 Å². The predicted molar refractivity (Wildman–Crippen MR) is 89.6 cm³/mol. The fourth-order valence-electron chi connectivity index (χ4n) is 2.46. The normalized spacial score (nSPS) is 11.0. The van der Waals surface area contributed by atoms with Crippen molar-refractivity contribution in [3.8, 4) is 5.75 Å². The van der Waals surface area contributed by atoms with E-state index >= 15 is 0 Å². The van der Waals surface area contributed by atoms with E-state index in [2.05, 4.69) is 4.98 Å².